The van der Waals surface area contributed by atoms with E-state index in [1.165, 1.54) is 6.92 Å². The van der Waals surface area contributed by atoms with Gasteiger partial charge in [-0.25, -0.2) is 0 Å². The first kappa shape index (κ1) is 13.4. The van der Waals surface area contributed by atoms with E-state index in [9.17, 15) is 9.59 Å². The van der Waals surface area contributed by atoms with Gasteiger partial charge in [0.25, 0.3) is 0 Å². The highest BCUT2D eigenvalue weighted by Gasteiger charge is 2.04. The number of benzene rings is 1. The van der Waals surface area contributed by atoms with Crippen LogP contribution in [0.4, 0.5) is 5.69 Å². The molecule has 0 fully saturated rings. The first-order valence-corrected chi connectivity index (χ1v) is 5.75. The van der Waals surface area contributed by atoms with Gasteiger partial charge in [-0.2, -0.15) is 0 Å². The standard InChI is InChI=1S/C13H18N2O2/c1-3-8-14-9-13(17)11-4-6-12(7-5-11)15-10(2)16/h4-7,14H,3,8-9H2,1-2H3,(H,15,16). The minimum absolute atomic E-state index is 0.0628. The van der Waals surface area contributed by atoms with Crippen molar-refractivity contribution in [3.8, 4) is 0 Å². The molecule has 0 heterocycles. The molecule has 1 amide bonds. The van der Waals surface area contributed by atoms with Gasteiger partial charge in [-0.1, -0.05) is 6.92 Å². The Morgan fingerprint density at radius 2 is 1.82 bits per heavy atom. The van der Waals surface area contributed by atoms with Crippen molar-refractivity contribution in [1.82, 2.24) is 5.32 Å². The highest BCUT2D eigenvalue weighted by atomic mass is 16.1. The zero-order chi connectivity index (χ0) is 12.7. The maximum Gasteiger partial charge on any atom is 0.221 e. The van der Waals surface area contributed by atoms with Crippen LogP contribution >= 0.6 is 0 Å². The Balaban J connectivity index is 2.54. The molecule has 4 nitrogen and oxygen atoms in total. The summed E-state index contributed by atoms with van der Waals surface area (Å²) in [6.07, 6.45) is 1.01. The van der Waals surface area contributed by atoms with E-state index in [1.54, 1.807) is 24.3 Å². The van der Waals surface area contributed by atoms with Gasteiger partial charge >= 0.3 is 0 Å². The molecule has 2 N–H and O–H groups in total. The summed E-state index contributed by atoms with van der Waals surface area (Å²) in [6, 6.07) is 6.91. The lowest BCUT2D eigenvalue weighted by atomic mass is 10.1. The van der Waals surface area contributed by atoms with E-state index in [2.05, 4.69) is 17.6 Å². The van der Waals surface area contributed by atoms with Gasteiger partial charge in [-0.3, -0.25) is 9.59 Å². The first-order chi connectivity index (χ1) is 8.13. The first-order valence-electron chi connectivity index (χ1n) is 5.75. The molecule has 0 aliphatic heterocycles. The Labute approximate surface area is 101 Å². The minimum Gasteiger partial charge on any atom is -0.326 e. The topological polar surface area (TPSA) is 58.2 Å². The maximum absolute atomic E-state index is 11.7. The molecule has 1 rings (SSSR count). The molecule has 0 spiro atoms. The summed E-state index contributed by atoms with van der Waals surface area (Å²) in [4.78, 5) is 22.5. The molecule has 0 saturated carbocycles. The number of hydrogen-bond acceptors (Lipinski definition) is 3. The summed E-state index contributed by atoms with van der Waals surface area (Å²) >= 11 is 0. The van der Waals surface area contributed by atoms with Crippen LogP contribution in [-0.2, 0) is 4.79 Å². The van der Waals surface area contributed by atoms with Crippen LogP contribution in [-0.4, -0.2) is 24.8 Å². The minimum atomic E-state index is -0.117. The fourth-order valence-electron chi connectivity index (χ4n) is 1.42. The molecular formula is C13H18N2O2. The van der Waals surface area contributed by atoms with Crippen LogP contribution in [0.25, 0.3) is 0 Å². The Bertz CT molecular complexity index is 385. The number of ketones is 1. The molecule has 1 aromatic rings. The smallest absolute Gasteiger partial charge is 0.221 e. The molecule has 0 radical (unpaired) electrons. The van der Waals surface area contributed by atoms with Crippen molar-refractivity contribution in [1.29, 1.82) is 0 Å². The maximum atomic E-state index is 11.7. The van der Waals surface area contributed by atoms with Crippen LogP contribution in [0.2, 0.25) is 0 Å². The van der Waals surface area contributed by atoms with Crippen molar-refractivity contribution in [2.75, 3.05) is 18.4 Å². The Hall–Kier alpha value is -1.68. The molecule has 0 aliphatic rings. The molecule has 0 atom stereocenters. The zero-order valence-corrected chi connectivity index (χ0v) is 10.2. The number of carbonyl (C=O) groups is 2. The average Bonchev–Trinajstić information content (AvgIpc) is 2.29. The second-order valence-corrected chi connectivity index (χ2v) is 3.86. The molecule has 92 valence electrons. The van der Waals surface area contributed by atoms with Crippen molar-refractivity contribution in [3.05, 3.63) is 29.8 Å². The van der Waals surface area contributed by atoms with Crippen LogP contribution in [0.3, 0.4) is 0 Å². The van der Waals surface area contributed by atoms with Crippen molar-refractivity contribution in [2.45, 2.75) is 20.3 Å². The lowest BCUT2D eigenvalue weighted by Crippen LogP contribution is -2.23. The van der Waals surface area contributed by atoms with E-state index < -0.39 is 0 Å². The second kappa shape index (κ2) is 6.81. The fourth-order valence-corrected chi connectivity index (χ4v) is 1.42. The average molecular weight is 234 g/mol. The number of carbonyl (C=O) groups excluding carboxylic acids is 2. The molecule has 0 aromatic heterocycles. The third kappa shape index (κ3) is 4.78. The van der Waals surface area contributed by atoms with Crippen LogP contribution in [0.15, 0.2) is 24.3 Å². The monoisotopic (exact) mass is 234 g/mol. The largest absolute Gasteiger partial charge is 0.326 e. The van der Waals surface area contributed by atoms with Crippen molar-refractivity contribution in [2.24, 2.45) is 0 Å². The van der Waals surface area contributed by atoms with Gasteiger partial charge < -0.3 is 10.6 Å². The number of amides is 1. The number of nitrogens with one attached hydrogen (secondary N) is 2. The summed E-state index contributed by atoms with van der Waals surface area (Å²) in [5.41, 5.74) is 1.36. The predicted molar refractivity (Wildman–Crippen MR) is 68.2 cm³/mol. The predicted octanol–water partition coefficient (Wildman–Crippen LogP) is 1.83. The number of hydrogen-bond donors (Lipinski definition) is 2. The number of rotatable bonds is 6. The SMILES string of the molecule is CCCNCC(=O)c1ccc(NC(C)=O)cc1. The van der Waals surface area contributed by atoms with E-state index >= 15 is 0 Å². The summed E-state index contributed by atoms with van der Waals surface area (Å²) in [6.45, 7) is 4.70. The normalized spacial score (nSPS) is 10.0. The van der Waals surface area contributed by atoms with E-state index in [0.29, 0.717) is 17.8 Å². The van der Waals surface area contributed by atoms with Gasteiger partial charge in [0, 0.05) is 18.2 Å². The molecule has 1 aromatic carbocycles. The lowest BCUT2D eigenvalue weighted by Gasteiger charge is -2.05. The Kier molecular flexibility index (Phi) is 5.36. The van der Waals surface area contributed by atoms with Gasteiger partial charge in [0.2, 0.25) is 5.91 Å². The van der Waals surface area contributed by atoms with Crippen molar-refractivity contribution in [3.63, 3.8) is 0 Å². The summed E-state index contributed by atoms with van der Waals surface area (Å²) in [5.74, 6) is -0.0542. The Morgan fingerprint density at radius 3 is 2.35 bits per heavy atom. The van der Waals surface area contributed by atoms with Crippen LogP contribution < -0.4 is 10.6 Å². The molecular weight excluding hydrogens is 216 g/mol. The fraction of sp³-hybridized carbons (Fsp3) is 0.385. The van der Waals surface area contributed by atoms with Gasteiger partial charge in [0.05, 0.1) is 6.54 Å². The number of anilines is 1. The van der Waals surface area contributed by atoms with Gasteiger partial charge in [0.15, 0.2) is 5.78 Å². The second-order valence-electron chi connectivity index (χ2n) is 3.86. The van der Waals surface area contributed by atoms with Crippen molar-refractivity contribution >= 4 is 17.4 Å². The van der Waals surface area contributed by atoms with Gasteiger partial charge in [0.1, 0.15) is 0 Å². The van der Waals surface area contributed by atoms with E-state index in [4.69, 9.17) is 0 Å². The van der Waals surface area contributed by atoms with Crippen LogP contribution in [0.5, 0.6) is 0 Å². The van der Waals surface area contributed by atoms with E-state index in [1.807, 2.05) is 0 Å². The summed E-state index contributed by atoms with van der Waals surface area (Å²) < 4.78 is 0. The Morgan fingerprint density at radius 1 is 1.18 bits per heavy atom. The van der Waals surface area contributed by atoms with Crippen LogP contribution in [0.1, 0.15) is 30.6 Å². The molecule has 0 aliphatic carbocycles. The molecule has 0 bridgehead atoms. The molecule has 17 heavy (non-hydrogen) atoms. The molecule has 4 heteroatoms. The van der Waals surface area contributed by atoms with E-state index in [-0.39, 0.29) is 11.7 Å². The van der Waals surface area contributed by atoms with E-state index in [0.717, 1.165) is 13.0 Å². The highest BCUT2D eigenvalue weighted by molar-refractivity contribution is 5.98. The summed E-state index contributed by atoms with van der Waals surface area (Å²) in [5, 5.41) is 5.72. The molecule has 0 saturated heterocycles. The van der Waals surface area contributed by atoms with Gasteiger partial charge in [-0.15, -0.1) is 0 Å². The third-order valence-corrected chi connectivity index (χ3v) is 2.24. The van der Waals surface area contributed by atoms with Crippen molar-refractivity contribution < 1.29 is 9.59 Å². The zero-order valence-electron chi connectivity index (χ0n) is 10.2. The number of Topliss-reactive ketones (excluding diaryl/α,β-unsaturated/α-hetero) is 1. The summed E-state index contributed by atoms with van der Waals surface area (Å²) in [7, 11) is 0. The molecule has 0 unspecified atom stereocenters. The quantitative estimate of drug-likeness (QED) is 0.583. The van der Waals surface area contributed by atoms with Crippen LogP contribution in [0, 0.1) is 0 Å². The van der Waals surface area contributed by atoms with Gasteiger partial charge in [-0.05, 0) is 37.2 Å². The third-order valence-electron chi connectivity index (χ3n) is 2.24. The lowest BCUT2D eigenvalue weighted by molar-refractivity contribution is -0.114. The highest BCUT2D eigenvalue weighted by Crippen LogP contribution is 2.09.